The van der Waals surface area contributed by atoms with Gasteiger partial charge in [-0.15, -0.1) is 0 Å². The van der Waals surface area contributed by atoms with Crippen LogP contribution >= 0.6 is 0 Å². The van der Waals surface area contributed by atoms with Gasteiger partial charge in [0.1, 0.15) is 0 Å². The zero-order valence-electron chi connectivity index (χ0n) is 11.3. The first-order valence-electron chi connectivity index (χ1n) is 6.13. The van der Waals surface area contributed by atoms with E-state index in [0.29, 0.717) is 0 Å². The van der Waals surface area contributed by atoms with Crippen LogP contribution in [0, 0.1) is 13.8 Å². The van der Waals surface area contributed by atoms with Gasteiger partial charge in [0.25, 0.3) is 0 Å². The van der Waals surface area contributed by atoms with Crippen LogP contribution in [-0.4, -0.2) is 9.97 Å². The van der Waals surface area contributed by atoms with Crippen molar-refractivity contribution in [2.24, 2.45) is 0 Å². The van der Waals surface area contributed by atoms with Crippen LogP contribution in [0.3, 0.4) is 0 Å². The van der Waals surface area contributed by atoms with E-state index in [1.807, 2.05) is 6.20 Å². The number of aryl methyl sites for hydroxylation is 2. The Hall–Kier alpha value is -0.193. The molecule has 0 atom stereocenters. The predicted molar refractivity (Wildman–Crippen MR) is 69.1 cm³/mol. The summed E-state index contributed by atoms with van der Waals surface area (Å²) in [6, 6.07) is 0. The average molecular weight is 418 g/mol. The van der Waals surface area contributed by atoms with Crippen molar-refractivity contribution < 1.29 is 36.6 Å². The maximum atomic E-state index is 3.21. The van der Waals surface area contributed by atoms with Gasteiger partial charge in [-0.1, -0.05) is 0 Å². The van der Waals surface area contributed by atoms with Gasteiger partial charge in [0.15, 0.2) is 0 Å². The van der Waals surface area contributed by atoms with E-state index in [4.69, 9.17) is 0 Å². The van der Waals surface area contributed by atoms with E-state index in [0.717, 1.165) is 12.8 Å². The van der Waals surface area contributed by atoms with Crippen LogP contribution in [0.2, 0.25) is 0 Å². The number of H-pyrrole nitrogens is 2. The van der Waals surface area contributed by atoms with Crippen molar-refractivity contribution in [3.8, 4) is 0 Å². The Morgan fingerprint density at radius 3 is 1.83 bits per heavy atom. The molecule has 102 valence electrons. The van der Waals surface area contributed by atoms with E-state index < -0.39 is 0 Å². The second-order valence-electron chi connectivity index (χ2n) is 4.20. The minimum atomic E-state index is 1.13. The topological polar surface area (TPSA) is 31.6 Å². The second kappa shape index (κ2) is 7.41. The van der Waals surface area contributed by atoms with Gasteiger partial charge >= 0.3 is 130 Å². The Morgan fingerprint density at radius 2 is 1.56 bits per heavy atom. The van der Waals surface area contributed by atoms with Crippen molar-refractivity contribution in [2.75, 3.05) is 0 Å². The fraction of sp³-hybridized carbons (Fsp3) is 0.429. The van der Waals surface area contributed by atoms with E-state index in [2.05, 4.69) is 80.5 Å². The summed E-state index contributed by atoms with van der Waals surface area (Å²) in [5, 5.41) is 0. The van der Waals surface area contributed by atoms with Crippen molar-refractivity contribution in [3.05, 3.63) is 34.6 Å². The molecule has 2 heterocycles. The normalized spacial score (nSPS) is 10.1. The zero-order chi connectivity index (χ0) is 13.7. The molecule has 0 amide bonds. The molecule has 0 aliphatic rings. The number of aromatic nitrogens is 2. The molecule has 2 aromatic heterocycles. The van der Waals surface area contributed by atoms with Gasteiger partial charge in [-0.05, 0) is 0 Å². The van der Waals surface area contributed by atoms with Crippen molar-refractivity contribution >= 4 is 8.58 Å². The third kappa shape index (κ3) is 3.90. The van der Waals surface area contributed by atoms with Gasteiger partial charge in [0.2, 0.25) is 0 Å². The number of rotatable bonds is 2. The molecule has 2 aromatic rings. The molecule has 0 aliphatic carbocycles. The van der Waals surface area contributed by atoms with Gasteiger partial charge in [-0.25, -0.2) is 0 Å². The molecule has 0 saturated carbocycles. The summed E-state index contributed by atoms with van der Waals surface area (Å²) in [6.45, 7) is 8.59. The molecule has 2 rings (SSSR count). The zero-order valence-corrected chi connectivity index (χ0v) is 14.8. The molecule has 0 unspecified atom stereocenters. The average Bonchev–Trinajstić information content (AvgIpc) is 2.87. The molecular weight excluding hydrogens is 398 g/mol. The first-order chi connectivity index (χ1) is 8.51. The van der Waals surface area contributed by atoms with Crippen LogP contribution < -0.4 is 8.58 Å². The summed E-state index contributed by atoms with van der Waals surface area (Å²) in [5.41, 5.74) is 5.61. The quantitative estimate of drug-likeness (QED) is 0.701. The van der Waals surface area contributed by atoms with E-state index in [1.54, 1.807) is 0 Å². The third-order valence-corrected chi connectivity index (χ3v) is 4.75. The Balaban J connectivity index is 0.000000184. The first kappa shape index (κ1) is 15.9. The van der Waals surface area contributed by atoms with E-state index in [-0.39, 0.29) is 0 Å². The van der Waals surface area contributed by atoms with E-state index >= 15 is 0 Å². The molecule has 0 aromatic carbocycles. The summed E-state index contributed by atoms with van der Waals surface area (Å²) in [5.74, 6) is 0. The van der Waals surface area contributed by atoms with Gasteiger partial charge in [0.05, 0.1) is 0 Å². The van der Waals surface area contributed by atoms with Crippen molar-refractivity contribution in [3.63, 3.8) is 0 Å². The summed E-state index contributed by atoms with van der Waals surface area (Å²) in [4.78, 5) is 6.31. The van der Waals surface area contributed by atoms with E-state index in [1.165, 1.54) is 30.8 Å². The van der Waals surface area contributed by atoms with Crippen LogP contribution in [0.1, 0.15) is 36.1 Å². The molecule has 18 heavy (non-hydrogen) atoms. The summed E-state index contributed by atoms with van der Waals surface area (Å²) >= 11 is 5.19. The van der Waals surface area contributed by atoms with Gasteiger partial charge < -0.3 is 0 Å². The number of aromatic amines is 2. The molecule has 0 radical (unpaired) electrons. The Bertz CT molecular complexity index is 478. The van der Waals surface area contributed by atoms with E-state index in [9.17, 15) is 0 Å². The number of hydrogen-bond donors (Lipinski definition) is 2. The molecular formula is C14H20N2Ru2. The van der Waals surface area contributed by atoms with Gasteiger partial charge in [-0.2, -0.15) is 0 Å². The molecule has 2 N–H and O–H groups in total. The fourth-order valence-electron chi connectivity index (χ4n) is 1.71. The first-order valence-corrected chi connectivity index (χ1v) is 7.87. The number of nitrogens with one attached hydrogen (secondary N) is 2. The molecule has 0 spiro atoms. The fourth-order valence-corrected chi connectivity index (χ4v) is 2.89. The van der Waals surface area contributed by atoms with Crippen molar-refractivity contribution in [2.45, 2.75) is 40.5 Å². The van der Waals surface area contributed by atoms with Crippen LogP contribution in [0.5, 0.6) is 0 Å². The maximum absolute atomic E-state index is 3.21. The van der Waals surface area contributed by atoms with Gasteiger partial charge in [0, 0.05) is 0 Å². The molecule has 0 bridgehead atoms. The standard InChI is InChI=1S/C8H12N.C6H8N.2Ru/c1-3-7-5-9-6-8(7)4-2;1-5-3-7-4-6(5)2;;/h5,9H,3-4H2,1-2H3;3,7H,1-2H3;;. The third-order valence-electron chi connectivity index (χ3n) is 3.07. The summed E-state index contributed by atoms with van der Waals surface area (Å²) < 4.78 is 2.47. The molecule has 4 heteroatoms. The predicted octanol–water partition coefficient (Wildman–Crippen LogP) is 2.12. The van der Waals surface area contributed by atoms with Crippen molar-refractivity contribution in [1.82, 2.24) is 9.97 Å². The summed E-state index contributed by atoms with van der Waals surface area (Å²) in [6.07, 6.45) is 6.39. The molecule has 0 saturated heterocycles. The monoisotopic (exact) mass is 420 g/mol. The minimum absolute atomic E-state index is 1.13. The van der Waals surface area contributed by atoms with Crippen LogP contribution in [0.25, 0.3) is 0 Å². The Kier molecular flexibility index (Phi) is 6.53. The Labute approximate surface area is 130 Å². The van der Waals surface area contributed by atoms with Crippen LogP contribution in [0.15, 0.2) is 12.4 Å². The molecule has 2 nitrogen and oxygen atoms in total. The second-order valence-corrected chi connectivity index (χ2v) is 5.94. The SMILES string of the molecule is CCc1c[nH][c]([Ru])c1CC.Cc1c[nH][c]([Ru])c1C. The molecule has 0 aliphatic heterocycles. The molecule has 0 fully saturated rings. The summed E-state index contributed by atoms with van der Waals surface area (Å²) in [7, 11) is 0. The number of hydrogen-bond acceptors (Lipinski definition) is 0. The van der Waals surface area contributed by atoms with Crippen LogP contribution in [-0.2, 0) is 49.4 Å². The van der Waals surface area contributed by atoms with Crippen LogP contribution in [0.4, 0.5) is 0 Å². The van der Waals surface area contributed by atoms with Gasteiger partial charge in [-0.3, -0.25) is 0 Å². The van der Waals surface area contributed by atoms with Crippen molar-refractivity contribution in [1.29, 1.82) is 0 Å². The Morgan fingerprint density at radius 1 is 0.944 bits per heavy atom.